The number of nitrogens with zero attached hydrogens (tertiary/aromatic N) is 5. The van der Waals surface area contributed by atoms with Crippen LogP contribution in [0.2, 0.25) is 0 Å². The van der Waals surface area contributed by atoms with Gasteiger partial charge in [-0.2, -0.15) is 5.10 Å². The first-order valence-electron chi connectivity index (χ1n) is 9.49. The predicted octanol–water partition coefficient (Wildman–Crippen LogP) is 3.65. The Morgan fingerprint density at radius 3 is 2.52 bits per heavy atom. The number of aromatic nitrogens is 4. The molecule has 0 atom stereocenters. The molecule has 0 fully saturated rings. The second-order valence-corrected chi connectivity index (χ2v) is 7.89. The van der Waals surface area contributed by atoms with Crippen LogP contribution in [0.4, 0.5) is 5.13 Å². The van der Waals surface area contributed by atoms with E-state index >= 15 is 0 Å². The van der Waals surface area contributed by atoms with Gasteiger partial charge in [-0.3, -0.25) is 19.9 Å². The van der Waals surface area contributed by atoms with Gasteiger partial charge in [-0.25, -0.2) is 9.67 Å². The molecule has 8 nitrogen and oxygen atoms in total. The Kier molecular flexibility index (Phi) is 5.59. The monoisotopic (exact) mass is 432 g/mol. The number of aryl methyl sites for hydroxylation is 1. The van der Waals surface area contributed by atoms with Crippen molar-refractivity contribution in [1.29, 1.82) is 0 Å². The molecule has 0 aliphatic carbocycles. The largest absolute Gasteiger partial charge is 0.345 e. The molecule has 0 spiro atoms. The molecule has 31 heavy (non-hydrogen) atoms. The van der Waals surface area contributed by atoms with E-state index in [1.54, 1.807) is 55.3 Å². The molecule has 1 aromatic carbocycles. The number of amides is 2. The molecule has 0 bridgehead atoms. The summed E-state index contributed by atoms with van der Waals surface area (Å²) in [6, 6.07) is 14.3. The molecule has 0 aliphatic heterocycles. The maximum Gasteiger partial charge on any atom is 0.276 e. The number of benzene rings is 1. The Labute approximate surface area is 183 Å². The fourth-order valence-corrected chi connectivity index (χ4v) is 3.69. The lowest BCUT2D eigenvalue weighted by molar-refractivity contribution is 0.0827. The summed E-state index contributed by atoms with van der Waals surface area (Å²) in [7, 11) is 3.40. The average Bonchev–Trinajstić information content (AvgIpc) is 3.40. The van der Waals surface area contributed by atoms with Gasteiger partial charge >= 0.3 is 0 Å². The smallest absolute Gasteiger partial charge is 0.276 e. The minimum Gasteiger partial charge on any atom is -0.345 e. The number of hydrogen-bond donors (Lipinski definition) is 1. The molecule has 2 amide bonds. The van der Waals surface area contributed by atoms with Crippen molar-refractivity contribution in [3.8, 4) is 17.1 Å². The van der Waals surface area contributed by atoms with E-state index in [-0.39, 0.29) is 11.8 Å². The van der Waals surface area contributed by atoms with Crippen molar-refractivity contribution in [2.45, 2.75) is 6.92 Å². The van der Waals surface area contributed by atoms with Crippen LogP contribution >= 0.6 is 11.3 Å². The molecule has 0 aliphatic rings. The fourth-order valence-electron chi connectivity index (χ4n) is 2.99. The highest BCUT2D eigenvalue weighted by atomic mass is 32.1. The van der Waals surface area contributed by atoms with Gasteiger partial charge in [0.1, 0.15) is 11.4 Å². The van der Waals surface area contributed by atoms with Crippen LogP contribution in [0.25, 0.3) is 17.1 Å². The van der Waals surface area contributed by atoms with E-state index in [0.717, 1.165) is 5.69 Å². The number of nitrogens with one attached hydrogen (secondary N) is 1. The molecule has 0 saturated carbocycles. The van der Waals surface area contributed by atoms with Crippen molar-refractivity contribution in [3.05, 3.63) is 77.1 Å². The molecule has 3 heterocycles. The molecule has 4 rings (SSSR count). The minimum atomic E-state index is -0.323. The number of rotatable bonds is 5. The zero-order valence-electron chi connectivity index (χ0n) is 17.2. The Morgan fingerprint density at radius 2 is 1.84 bits per heavy atom. The quantitative estimate of drug-likeness (QED) is 0.520. The van der Waals surface area contributed by atoms with Crippen molar-refractivity contribution < 1.29 is 9.59 Å². The number of carbonyl (C=O) groups excluding carboxylic acids is 2. The predicted molar refractivity (Wildman–Crippen MR) is 120 cm³/mol. The lowest BCUT2D eigenvalue weighted by Gasteiger charge is -2.11. The van der Waals surface area contributed by atoms with Gasteiger partial charge < -0.3 is 4.90 Å². The third kappa shape index (κ3) is 4.36. The summed E-state index contributed by atoms with van der Waals surface area (Å²) >= 11 is 1.33. The van der Waals surface area contributed by atoms with Crippen LogP contribution in [0, 0.1) is 6.92 Å². The first-order chi connectivity index (χ1) is 14.9. The minimum absolute atomic E-state index is 0.0892. The van der Waals surface area contributed by atoms with Crippen molar-refractivity contribution in [1.82, 2.24) is 24.6 Å². The molecule has 4 aromatic rings. The van der Waals surface area contributed by atoms with Crippen molar-refractivity contribution in [3.63, 3.8) is 0 Å². The molecule has 9 heteroatoms. The summed E-state index contributed by atoms with van der Waals surface area (Å²) in [6.45, 7) is 1.82. The van der Waals surface area contributed by atoms with Crippen LogP contribution in [0.15, 0.2) is 60.1 Å². The first kappa shape index (κ1) is 20.4. The van der Waals surface area contributed by atoms with E-state index in [2.05, 4.69) is 20.4 Å². The second kappa shape index (κ2) is 8.49. The van der Waals surface area contributed by atoms with E-state index < -0.39 is 0 Å². The van der Waals surface area contributed by atoms with Crippen LogP contribution in [0.1, 0.15) is 26.5 Å². The summed E-state index contributed by atoms with van der Waals surface area (Å²) in [5.41, 5.74) is 3.76. The third-order valence-corrected chi connectivity index (χ3v) is 5.24. The zero-order valence-corrected chi connectivity index (χ0v) is 18.1. The van der Waals surface area contributed by atoms with E-state index in [4.69, 9.17) is 0 Å². The summed E-state index contributed by atoms with van der Waals surface area (Å²) < 4.78 is 1.56. The molecule has 0 saturated heterocycles. The molecule has 156 valence electrons. The Hall–Kier alpha value is -3.85. The van der Waals surface area contributed by atoms with Gasteiger partial charge in [0.05, 0.1) is 17.1 Å². The second-order valence-electron chi connectivity index (χ2n) is 7.04. The zero-order chi connectivity index (χ0) is 22.0. The van der Waals surface area contributed by atoms with Gasteiger partial charge in [-0.05, 0) is 49.4 Å². The van der Waals surface area contributed by atoms with E-state index in [1.165, 1.54) is 16.2 Å². The average molecular weight is 433 g/mol. The SMILES string of the molecule is Cc1cc(C(=O)Nc2nc(-c3ccccn3)cs2)n(-c2ccc(C(=O)N(C)C)cc2)n1. The Balaban J connectivity index is 1.57. The number of carbonyl (C=O) groups is 2. The van der Waals surface area contributed by atoms with Crippen LogP contribution in [0.3, 0.4) is 0 Å². The summed E-state index contributed by atoms with van der Waals surface area (Å²) in [5.74, 6) is -0.412. The lowest BCUT2D eigenvalue weighted by atomic mass is 10.2. The summed E-state index contributed by atoms with van der Waals surface area (Å²) in [6.07, 6.45) is 1.70. The van der Waals surface area contributed by atoms with Gasteiger partial charge in [0.15, 0.2) is 5.13 Å². The fraction of sp³-hybridized carbons (Fsp3) is 0.136. The molecule has 0 radical (unpaired) electrons. The van der Waals surface area contributed by atoms with Gasteiger partial charge in [-0.1, -0.05) is 6.07 Å². The normalized spacial score (nSPS) is 10.7. The molecule has 0 unspecified atom stereocenters. The van der Waals surface area contributed by atoms with Gasteiger partial charge in [-0.15, -0.1) is 11.3 Å². The Bertz CT molecular complexity index is 1230. The molecule has 3 aromatic heterocycles. The van der Waals surface area contributed by atoms with E-state index in [1.807, 2.05) is 30.5 Å². The van der Waals surface area contributed by atoms with Gasteiger partial charge in [0.2, 0.25) is 0 Å². The Morgan fingerprint density at radius 1 is 1.06 bits per heavy atom. The first-order valence-corrected chi connectivity index (χ1v) is 10.4. The van der Waals surface area contributed by atoms with Crippen LogP contribution in [-0.4, -0.2) is 50.6 Å². The van der Waals surface area contributed by atoms with Crippen LogP contribution in [-0.2, 0) is 0 Å². The van der Waals surface area contributed by atoms with Crippen LogP contribution in [0.5, 0.6) is 0 Å². The highest BCUT2D eigenvalue weighted by Gasteiger charge is 2.18. The summed E-state index contributed by atoms with van der Waals surface area (Å²) in [4.78, 5) is 35.3. The topological polar surface area (TPSA) is 93.0 Å². The number of hydrogen-bond acceptors (Lipinski definition) is 6. The van der Waals surface area contributed by atoms with Crippen molar-refractivity contribution in [2.24, 2.45) is 0 Å². The highest BCUT2D eigenvalue weighted by Crippen LogP contribution is 2.24. The molecule has 1 N–H and O–H groups in total. The molecular formula is C22H20N6O2S. The van der Waals surface area contributed by atoms with E-state index in [0.29, 0.717) is 33.5 Å². The maximum atomic E-state index is 13.0. The van der Waals surface area contributed by atoms with Gasteiger partial charge in [0, 0.05) is 31.2 Å². The van der Waals surface area contributed by atoms with Crippen molar-refractivity contribution >= 4 is 28.3 Å². The molecular weight excluding hydrogens is 412 g/mol. The lowest BCUT2D eigenvalue weighted by Crippen LogP contribution is -2.21. The third-order valence-electron chi connectivity index (χ3n) is 4.48. The van der Waals surface area contributed by atoms with Crippen LogP contribution < -0.4 is 5.32 Å². The van der Waals surface area contributed by atoms with E-state index in [9.17, 15) is 9.59 Å². The number of anilines is 1. The maximum absolute atomic E-state index is 13.0. The highest BCUT2D eigenvalue weighted by molar-refractivity contribution is 7.14. The van der Waals surface area contributed by atoms with Gasteiger partial charge in [0.25, 0.3) is 11.8 Å². The standard InChI is InChI=1S/C22H20N6O2S/c1-14-12-19(28(26-14)16-9-7-15(8-10-16)21(30)27(2)3)20(29)25-22-24-18(13-31-22)17-6-4-5-11-23-17/h4-13H,1-3H3,(H,24,25,29). The number of thiazole rings is 1. The summed E-state index contributed by atoms with van der Waals surface area (Å²) in [5, 5.41) is 9.60. The van der Waals surface area contributed by atoms with Crippen molar-refractivity contribution in [2.75, 3.05) is 19.4 Å². The number of pyridine rings is 1.